The van der Waals surface area contributed by atoms with Crippen LogP contribution in [0.15, 0.2) is 54.1 Å². The predicted octanol–water partition coefficient (Wildman–Crippen LogP) is 8.08. The second-order valence-electron chi connectivity index (χ2n) is 7.38. The highest BCUT2D eigenvalue weighted by Crippen LogP contribution is 2.36. The Kier molecular flexibility index (Phi) is 9.70. The molecular weight excluding hydrogens is 622 g/mol. The van der Waals surface area contributed by atoms with Crippen molar-refractivity contribution in [3.8, 4) is 17.6 Å². The standard InChI is InChI=1S/C26H20Cl3IN2O3/c1-3-34-24-10-16(8-18(13-31)26(33)32-20-7-4-15(2)21(28)12-20)9-23(30)25(24)35-14-17-5-6-19(27)11-22(17)29/h4-12H,3,14H2,1-2H3,(H,32,33)/b18-8-. The maximum atomic E-state index is 12.7. The molecule has 3 aromatic rings. The molecule has 1 N–H and O–H groups in total. The van der Waals surface area contributed by atoms with Gasteiger partial charge in [0, 0.05) is 26.3 Å². The molecule has 35 heavy (non-hydrogen) atoms. The Balaban J connectivity index is 1.85. The molecule has 0 aliphatic carbocycles. The molecule has 0 unspecified atom stereocenters. The topological polar surface area (TPSA) is 71.3 Å². The number of carbonyl (C=O) groups is 1. The first-order valence-corrected chi connectivity index (χ1v) is 12.7. The van der Waals surface area contributed by atoms with Crippen molar-refractivity contribution in [3.63, 3.8) is 0 Å². The molecule has 3 rings (SSSR count). The van der Waals surface area contributed by atoms with Crippen molar-refractivity contribution in [2.75, 3.05) is 11.9 Å². The number of halogens is 4. The van der Waals surface area contributed by atoms with Crippen molar-refractivity contribution in [1.29, 1.82) is 5.26 Å². The maximum absolute atomic E-state index is 12.7. The average molecular weight is 642 g/mol. The van der Waals surface area contributed by atoms with Gasteiger partial charge in [-0.1, -0.05) is 46.9 Å². The summed E-state index contributed by atoms with van der Waals surface area (Å²) in [6, 6.07) is 15.8. The van der Waals surface area contributed by atoms with Gasteiger partial charge in [0.25, 0.3) is 5.91 Å². The number of nitrogens with one attached hydrogen (secondary N) is 1. The van der Waals surface area contributed by atoms with Crippen LogP contribution in [-0.4, -0.2) is 12.5 Å². The summed E-state index contributed by atoms with van der Waals surface area (Å²) in [6.07, 6.45) is 1.50. The van der Waals surface area contributed by atoms with E-state index >= 15 is 0 Å². The Hall–Kier alpha value is -2.44. The van der Waals surface area contributed by atoms with Gasteiger partial charge in [0.05, 0.1) is 10.2 Å². The molecule has 1 amide bonds. The van der Waals surface area contributed by atoms with Crippen LogP contribution in [0.2, 0.25) is 15.1 Å². The van der Waals surface area contributed by atoms with Crippen LogP contribution in [0.25, 0.3) is 6.08 Å². The lowest BCUT2D eigenvalue weighted by atomic mass is 10.1. The Morgan fingerprint density at radius 1 is 1.09 bits per heavy atom. The summed E-state index contributed by atoms with van der Waals surface area (Å²) < 4.78 is 12.5. The number of amides is 1. The monoisotopic (exact) mass is 640 g/mol. The molecule has 0 atom stereocenters. The van der Waals surface area contributed by atoms with Gasteiger partial charge in [-0.15, -0.1) is 0 Å². The molecule has 3 aromatic carbocycles. The number of rotatable bonds is 8. The van der Waals surface area contributed by atoms with E-state index in [-0.39, 0.29) is 12.2 Å². The molecule has 0 saturated carbocycles. The molecule has 0 spiro atoms. The van der Waals surface area contributed by atoms with Gasteiger partial charge in [0.2, 0.25) is 0 Å². The normalized spacial score (nSPS) is 11.1. The van der Waals surface area contributed by atoms with Crippen LogP contribution in [0.1, 0.15) is 23.6 Å². The zero-order valence-electron chi connectivity index (χ0n) is 18.8. The number of ether oxygens (including phenoxy) is 2. The first-order valence-electron chi connectivity index (χ1n) is 10.4. The summed E-state index contributed by atoms with van der Waals surface area (Å²) in [5, 5.41) is 13.9. The van der Waals surface area contributed by atoms with Gasteiger partial charge in [-0.2, -0.15) is 5.26 Å². The van der Waals surface area contributed by atoms with Crippen molar-refractivity contribution in [1.82, 2.24) is 0 Å². The minimum absolute atomic E-state index is 0.0680. The minimum atomic E-state index is -0.543. The molecule has 0 aliphatic rings. The number of carbonyl (C=O) groups excluding carboxylic acids is 1. The second kappa shape index (κ2) is 12.5. The van der Waals surface area contributed by atoms with Gasteiger partial charge in [-0.3, -0.25) is 4.79 Å². The Bertz CT molecular complexity index is 1340. The average Bonchev–Trinajstić information content (AvgIpc) is 2.80. The Morgan fingerprint density at radius 3 is 2.51 bits per heavy atom. The van der Waals surface area contributed by atoms with Gasteiger partial charge in [0.15, 0.2) is 11.5 Å². The van der Waals surface area contributed by atoms with Gasteiger partial charge >= 0.3 is 0 Å². The summed E-state index contributed by atoms with van der Waals surface area (Å²) in [6.45, 7) is 4.34. The zero-order chi connectivity index (χ0) is 25.5. The van der Waals surface area contributed by atoms with E-state index in [0.29, 0.717) is 44.4 Å². The van der Waals surface area contributed by atoms with Crippen LogP contribution in [-0.2, 0) is 11.4 Å². The fourth-order valence-electron chi connectivity index (χ4n) is 3.05. The first-order chi connectivity index (χ1) is 16.7. The van der Waals surface area contributed by atoms with Crippen LogP contribution in [0.3, 0.4) is 0 Å². The van der Waals surface area contributed by atoms with Gasteiger partial charge in [-0.05, 0) is 90.0 Å². The van der Waals surface area contributed by atoms with Gasteiger partial charge in [-0.25, -0.2) is 0 Å². The van der Waals surface area contributed by atoms with Gasteiger partial charge < -0.3 is 14.8 Å². The molecule has 180 valence electrons. The number of anilines is 1. The molecule has 0 aliphatic heterocycles. The molecule has 0 saturated heterocycles. The summed E-state index contributed by atoms with van der Waals surface area (Å²) in [7, 11) is 0. The molecule has 5 nitrogen and oxygen atoms in total. The Labute approximate surface area is 232 Å². The van der Waals surface area contributed by atoms with E-state index in [2.05, 4.69) is 27.9 Å². The zero-order valence-corrected chi connectivity index (χ0v) is 23.2. The number of aryl methyl sites for hydroxylation is 1. The molecule has 0 bridgehead atoms. The molecule has 0 radical (unpaired) electrons. The molecule has 0 heterocycles. The third-order valence-electron chi connectivity index (χ3n) is 4.82. The fourth-order valence-corrected chi connectivity index (χ4v) is 4.47. The van der Waals surface area contributed by atoms with Crippen LogP contribution in [0.5, 0.6) is 11.5 Å². The largest absolute Gasteiger partial charge is 0.490 e. The van der Waals surface area contributed by atoms with Crippen molar-refractivity contribution >= 4 is 75.1 Å². The smallest absolute Gasteiger partial charge is 0.266 e. The number of hydrogen-bond donors (Lipinski definition) is 1. The highest BCUT2D eigenvalue weighted by molar-refractivity contribution is 14.1. The quantitative estimate of drug-likeness (QED) is 0.153. The van der Waals surface area contributed by atoms with Crippen molar-refractivity contribution in [3.05, 3.63) is 89.4 Å². The van der Waals surface area contributed by atoms with Crippen molar-refractivity contribution in [2.24, 2.45) is 0 Å². The maximum Gasteiger partial charge on any atom is 0.266 e. The molecule has 0 fully saturated rings. The third-order valence-corrected chi connectivity index (χ3v) is 6.62. The van der Waals surface area contributed by atoms with Crippen molar-refractivity contribution in [2.45, 2.75) is 20.5 Å². The van der Waals surface area contributed by atoms with Crippen LogP contribution >= 0.6 is 57.4 Å². The second-order valence-corrected chi connectivity index (χ2v) is 9.79. The van der Waals surface area contributed by atoms with Crippen LogP contribution in [0.4, 0.5) is 5.69 Å². The van der Waals surface area contributed by atoms with E-state index in [0.717, 1.165) is 14.7 Å². The van der Waals surface area contributed by atoms with E-state index in [1.807, 2.05) is 19.9 Å². The molecular formula is C26H20Cl3IN2O3. The number of nitriles is 1. The lowest BCUT2D eigenvalue weighted by Crippen LogP contribution is -2.13. The third kappa shape index (κ3) is 7.28. The fraction of sp³-hybridized carbons (Fsp3) is 0.154. The van der Waals surface area contributed by atoms with Gasteiger partial charge in [0.1, 0.15) is 18.2 Å². The summed E-state index contributed by atoms with van der Waals surface area (Å²) in [4.78, 5) is 12.7. The van der Waals surface area contributed by atoms with E-state index < -0.39 is 5.91 Å². The number of nitrogens with zero attached hydrogens (tertiary/aromatic N) is 1. The summed E-state index contributed by atoms with van der Waals surface area (Å²) in [5.41, 5.74) is 2.71. The minimum Gasteiger partial charge on any atom is -0.490 e. The molecule has 0 aromatic heterocycles. The SMILES string of the molecule is CCOc1cc(/C=C(/C#N)C(=O)Nc2ccc(C)c(Cl)c2)cc(I)c1OCc1ccc(Cl)cc1Cl. The van der Waals surface area contributed by atoms with Crippen LogP contribution < -0.4 is 14.8 Å². The first kappa shape index (κ1) is 27.2. The number of hydrogen-bond acceptors (Lipinski definition) is 4. The van der Waals surface area contributed by atoms with E-state index in [1.54, 1.807) is 48.5 Å². The lowest BCUT2D eigenvalue weighted by Gasteiger charge is -2.15. The van der Waals surface area contributed by atoms with Crippen molar-refractivity contribution < 1.29 is 14.3 Å². The van der Waals surface area contributed by atoms with E-state index in [4.69, 9.17) is 44.3 Å². The highest BCUT2D eigenvalue weighted by Gasteiger charge is 2.15. The summed E-state index contributed by atoms with van der Waals surface area (Å²) >= 11 is 20.5. The highest BCUT2D eigenvalue weighted by atomic mass is 127. The number of benzene rings is 3. The van der Waals surface area contributed by atoms with Crippen LogP contribution in [0, 0.1) is 21.8 Å². The molecule has 9 heteroatoms. The predicted molar refractivity (Wildman–Crippen MR) is 150 cm³/mol. The van der Waals surface area contributed by atoms with E-state index in [9.17, 15) is 10.1 Å². The summed E-state index contributed by atoms with van der Waals surface area (Å²) in [5.74, 6) is 0.477. The van der Waals surface area contributed by atoms with E-state index in [1.165, 1.54) is 6.08 Å². The lowest BCUT2D eigenvalue weighted by molar-refractivity contribution is -0.112. The Morgan fingerprint density at radius 2 is 1.86 bits per heavy atom.